The van der Waals surface area contributed by atoms with E-state index in [1.165, 1.54) is 27.0 Å². The molecular weight excluding hydrogens is 423 g/mol. The molecule has 28 heavy (non-hydrogen) atoms. The minimum absolute atomic E-state index is 0. The fourth-order valence-corrected chi connectivity index (χ4v) is 8.73. The predicted molar refractivity (Wildman–Crippen MR) is 132 cm³/mol. The van der Waals surface area contributed by atoms with Crippen LogP contribution in [0.1, 0.15) is 11.1 Å². The molecule has 0 aliphatic heterocycles. The van der Waals surface area contributed by atoms with Crippen LogP contribution in [0.2, 0.25) is 0 Å². The van der Waals surface area contributed by atoms with Gasteiger partial charge in [-0.1, -0.05) is 0 Å². The van der Waals surface area contributed by atoms with E-state index in [0.717, 1.165) is 6.16 Å². The van der Waals surface area contributed by atoms with E-state index in [9.17, 15) is 0 Å². The number of rotatable bonds is 5. The molecule has 4 rings (SSSR count). The number of aryl methyl sites for hydroxylation is 1. The zero-order valence-electron chi connectivity index (χ0n) is 16.1. The molecule has 0 saturated heterocycles. The summed E-state index contributed by atoms with van der Waals surface area (Å²) >= 11 is 0. The quantitative estimate of drug-likeness (QED) is 0.338. The summed E-state index contributed by atoms with van der Waals surface area (Å²) in [4.78, 5) is 0. The molecule has 0 unspecified atom stereocenters. The molecular formula is C26H26BrP. The van der Waals surface area contributed by atoms with Crippen molar-refractivity contribution in [3.05, 3.63) is 126 Å². The van der Waals surface area contributed by atoms with Gasteiger partial charge in [0.05, 0.1) is 0 Å². The zero-order chi connectivity index (χ0) is 18.5. The molecule has 0 nitrogen and oxygen atoms in total. The SMILES string of the molecule is Br.Cc1ccc(C[PH](c2ccccc2)(c2ccccc2)c2ccccc2)cc1. The predicted octanol–water partition coefficient (Wildman–Crippen LogP) is 5.80. The molecule has 0 aliphatic rings. The van der Waals surface area contributed by atoms with Crippen LogP contribution in [0, 0.1) is 6.92 Å². The molecule has 0 amide bonds. The Kier molecular flexibility index (Phi) is 6.83. The van der Waals surface area contributed by atoms with E-state index in [-0.39, 0.29) is 17.0 Å². The first-order valence-corrected chi connectivity index (χ1v) is 11.7. The van der Waals surface area contributed by atoms with Crippen molar-refractivity contribution in [1.29, 1.82) is 0 Å². The fraction of sp³-hybridized carbons (Fsp3) is 0.0769. The van der Waals surface area contributed by atoms with Crippen molar-refractivity contribution in [3.8, 4) is 0 Å². The van der Waals surface area contributed by atoms with Crippen molar-refractivity contribution in [1.82, 2.24) is 0 Å². The molecule has 0 aliphatic carbocycles. The summed E-state index contributed by atoms with van der Waals surface area (Å²) in [6.07, 6.45) is 1.06. The van der Waals surface area contributed by atoms with Crippen LogP contribution in [0.4, 0.5) is 0 Å². The van der Waals surface area contributed by atoms with Crippen molar-refractivity contribution < 1.29 is 0 Å². The van der Waals surface area contributed by atoms with Gasteiger partial charge in [-0.05, 0) is 0 Å². The zero-order valence-corrected chi connectivity index (χ0v) is 18.8. The maximum absolute atomic E-state index is 2.32. The van der Waals surface area contributed by atoms with Gasteiger partial charge < -0.3 is 0 Å². The van der Waals surface area contributed by atoms with Gasteiger partial charge in [-0.3, -0.25) is 0 Å². The molecule has 4 aromatic carbocycles. The molecule has 0 radical (unpaired) electrons. The molecule has 0 fully saturated rings. The summed E-state index contributed by atoms with van der Waals surface area (Å²) in [6, 6.07) is 42.4. The van der Waals surface area contributed by atoms with Gasteiger partial charge in [-0.25, -0.2) is 0 Å². The Morgan fingerprint density at radius 3 is 1.21 bits per heavy atom. The molecule has 0 N–H and O–H groups in total. The molecule has 2 heteroatoms. The third kappa shape index (κ3) is 4.12. The van der Waals surface area contributed by atoms with E-state index < -0.39 is 7.26 Å². The normalized spacial score (nSPS) is 11.5. The van der Waals surface area contributed by atoms with Gasteiger partial charge >= 0.3 is 163 Å². The molecule has 0 spiro atoms. The standard InChI is InChI=1S/C26H25P.BrH/c1-22-17-19-23(20-18-22)21-27(24-11-5-2-6-12-24,25-13-7-3-8-14-25)26-15-9-4-10-16-26;/h2-20,27H,21H2,1H3;1H. The molecule has 0 saturated carbocycles. The van der Waals surface area contributed by atoms with Crippen molar-refractivity contribution >= 4 is 40.2 Å². The van der Waals surface area contributed by atoms with Crippen LogP contribution in [0.25, 0.3) is 0 Å². The van der Waals surface area contributed by atoms with Crippen LogP contribution < -0.4 is 15.9 Å². The van der Waals surface area contributed by atoms with Crippen LogP contribution in [0.3, 0.4) is 0 Å². The van der Waals surface area contributed by atoms with E-state index in [0.29, 0.717) is 0 Å². The molecule has 142 valence electrons. The summed E-state index contributed by atoms with van der Waals surface area (Å²) in [7, 11) is -2.18. The molecule has 0 aromatic heterocycles. The van der Waals surface area contributed by atoms with E-state index in [1.54, 1.807) is 0 Å². The average Bonchev–Trinajstić information content (AvgIpc) is 2.75. The second kappa shape index (κ2) is 9.32. The number of hydrogen-bond donors (Lipinski definition) is 0. The first kappa shape index (κ1) is 20.5. The Balaban J connectivity index is 0.00000225. The average molecular weight is 449 g/mol. The van der Waals surface area contributed by atoms with Crippen LogP contribution in [0.15, 0.2) is 115 Å². The van der Waals surface area contributed by atoms with E-state index in [2.05, 4.69) is 122 Å². The van der Waals surface area contributed by atoms with E-state index in [1.807, 2.05) is 0 Å². The van der Waals surface area contributed by atoms with Gasteiger partial charge in [0.1, 0.15) is 0 Å². The Bertz CT molecular complexity index is 884. The summed E-state index contributed by atoms with van der Waals surface area (Å²) in [5.74, 6) is 0. The number of hydrogen-bond acceptors (Lipinski definition) is 0. The molecule has 0 heterocycles. The molecule has 4 aromatic rings. The van der Waals surface area contributed by atoms with E-state index in [4.69, 9.17) is 0 Å². The Morgan fingerprint density at radius 2 is 0.857 bits per heavy atom. The summed E-state index contributed by atoms with van der Waals surface area (Å²) in [5, 5.41) is 4.38. The van der Waals surface area contributed by atoms with Gasteiger partial charge in [-0.15, -0.1) is 17.0 Å². The van der Waals surface area contributed by atoms with Crippen LogP contribution in [-0.2, 0) is 6.16 Å². The van der Waals surface area contributed by atoms with Crippen LogP contribution in [0.5, 0.6) is 0 Å². The number of halogens is 1. The van der Waals surface area contributed by atoms with Gasteiger partial charge in [0.2, 0.25) is 0 Å². The van der Waals surface area contributed by atoms with Crippen molar-refractivity contribution in [2.75, 3.05) is 0 Å². The second-order valence-electron chi connectivity index (χ2n) is 7.17. The number of benzene rings is 4. The maximum atomic E-state index is 2.32. The van der Waals surface area contributed by atoms with Gasteiger partial charge in [0, 0.05) is 0 Å². The Labute approximate surface area is 179 Å². The summed E-state index contributed by atoms with van der Waals surface area (Å²) < 4.78 is 0. The van der Waals surface area contributed by atoms with Crippen molar-refractivity contribution in [2.45, 2.75) is 13.1 Å². The van der Waals surface area contributed by atoms with Gasteiger partial charge in [0.15, 0.2) is 0 Å². The van der Waals surface area contributed by atoms with Gasteiger partial charge in [-0.2, -0.15) is 0 Å². The topological polar surface area (TPSA) is 0 Å². The molecule has 0 bridgehead atoms. The summed E-state index contributed by atoms with van der Waals surface area (Å²) in [5.41, 5.74) is 2.72. The third-order valence-electron chi connectivity index (χ3n) is 5.39. The summed E-state index contributed by atoms with van der Waals surface area (Å²) in [6.45, 7) is 2.15. The third-order valence-corrected chi connectivity index (χ3v) is 10.3. The van der Waals surface area contributed by atoms with Crippen molar-refractivity contribution in [3.63, 3.8) is 0 Å². The minimum atomic E-state index is -2.18. The molecule has 0 atom stereocenters. The van der Waals surface area contributed by atoms with Gasteiger partial charge in [0.25, 0.3) is 0 Å². The monoisotopic (exact) mass is 448 g/mol. The first-order chi connectivity index (χ1) is 13.3. The van der Waals surface area contributed by atoms with Crippen LogP contribution >= 0.6 is 24.2 Å². The Hall–Kier alpha value is -2.21. The second-order valence-corrected chi connectivity index (χ2v) is 11.1. The van der Waals surface area contributed by atoms with Crippen molar-refractivity contribution in [2.24, 2.45) is 0 Å². The fourth-order valence-electron chi connectivity index (χ4n) is 3.99. The Morgan fingerprint density at radius 1 is 0.500 bits per heavy atom. The first-order valence-electron chi connectivity index (χ1n) is 9.51. The van der Waals surface area contributed by atoms with E-state index >= 15 is 0 Å². The van der Waals surface area contributed by atoms with Crippen LogP contribution in [-0.4, -0.2) is 0 Å².